The Morgan fingerprint density at radius 2 is 1.03 bits per heavy atom. The van der Waals surface area contributed by atoms with Gasteiger partial charge < -0.3 is 9.80 Å². The van der Waals surface area contributed by atoms with Crippen LogP contribution in [0, 0.1) is 18.8 Å². The second kappa shape index (κ2) is 32.9. The standard InChI is InChI=1S/2C16H11N2.2C13H17N2.BrH.ClH.2Pt/c2*1-2-7-13(8-3-1)14-10-6-11-16(18-14)15-9-4-5-12-17-15;2*1-2-3-9-14-10-11-15(12-14)13-7-5-4-6-8-13;;;;/h2*1-7,9-12H;2*4-8,10-12H,2-3,9H2,1H3;2*1H;;/q3*-1;+1;;;2*+2/p-1. The summed E-state index contributed by atoms with van der Waals surface area (Å²) in [6.45, 7) is 8.79. The number of hydrogen-bond acceptors (Lipinski definition) is 6. The molecule has 0 saturated carbocycles. The molecule has 0 unspecified atom stereocenters. The molecular formula is C58H57BrClN8Pt2+. The second-order valence-electron chi connectivity index (χ2n) is 15.3. The van der Waals surface area contributed by atoms with Gasteiger partial charge in [-0.05, 0) is 104 Å². The first-order chi connectivity index (χ1) is 33.7. The van der Waals surface area contributed by atoms with Crippen molar-refractivity contribution in [3.05, 3.63) is 244 Å². The maximum Gasteiger partial charge on any atom is 2.00 e. The molecule has 4 aromatic carbocycles. The summed E-state index contributed by atoms with van der Waals surface area (Å²) in [6.07, 6.45) is 19.1. The van der Waals surface area contributed by atoms with Gasteiger partial charge in [-0.2, -0.15) is 6.67 Å². The minimum absolute atomic E-state index is 0. The second-order valence-corrected chi connectivity index (χ2v) is 15.3. The summed E-state index contributed by atoms with van der Waals surface area (Å²) in [5, 5.41) is 0. The molecule has 0 atom stereocenters. The molecule has 5 aromatic heterocycles. The van der Waals surface area contributed by atoms with Crippen molar-refractivity contribution in [1.82, 2.24) is 29.4 Å². The van der Waals surface area contributed by atoms with Crippen LogP contribution in [-0.4, -0.2) is 35.9 Å². The topological polar surface area (TPSA) is 66.8 Å². The number of aromatic nitrogens is 6. The molecule has 362 valence electrons. The normalized spacial score (nSPS) is 10.8. The molecule has 0 spiro atoms. The fraction of sp³-hybridized carbons (Fsp3) is 0.138. The van der Waals surface area contributed by atoms with Crippen LogP contribution in [0.25, 0.3) is 51.0 Å². The number of halogens is 2. The van der Waals surface area contributed by atoms with Crippen molar-refractivity contribution in [2.45, 2.75) is 46.1 Å². The van der Waals surface area contributed by atoms with E-state index in [-0.39, 0.29) is 38.0 Å². The predicted molar refractivity (Wildman–Crippen MR) is 285 cm³/mol. The van der Waals surface area contributed by atoms with Crippen molar-refractivity contribution < 1.29 is 44.4 Å². The number of unbranched alkanes of at least 4 members (excludes halogenated alkanes) is 2. The number of pyridine rings is 4. The Morgan fingerprint density at radius 1 is 0.543 bits per heavy atom. The minimum Gasteiger partial charge on any atom is -0.295 e. The van der Waals surface area contributed by atoms with E-state index in [1.165, 1.54) is 37.1 Å². The zero-order valence-corrected chi connectivity index (χ0v) is 46.2. The van der Waals surface area contributed by atoms with Gasteiger partial charge in [-0.15, -0.1) is 88.8 Å². The van der Waals surface area contributed by atoms with Crippen LogP contribution in [0.5, 0.6) is 0 Å². The molecule has 0 N–H and O–H groups in total. The van der Waals surface area contributed by atoms with E-state index in [1.807, 2.05) is 133 Å². The third-order valence-corrected chi connectivity index (χ3v) is 10.4. The smallest absolute Gasteiger partial charge is 0.295 e. The number of nitrogens with zero attached hydrogens (tertiary/aromatic N) is 8. The molecule has 9 aromatic rings. The molecule has 0 bridgehead atoms. The first-order valence-electron chi connectivity index (χ1n) is 22.7. The summed E-state index contributed by atoms with van der Waals surface area (Å²) >= 11 is 1.61. The van der Waals surface area contributed by atoms with E-state index < -0.39 is 0 Å². The summed E-state index contributed by atoms with van der Waals surface area (Å²) in [5.41, 5.74) is 9.78. The fourth-order valence-electron chi connectivity index (χ4n) is 6.83. The average molecular weight is 1370 g/mol. The predicted octanol–water partition coefficient (Wildman–Crippen LogP) is 14.2. The summed E-state index contributed by atoms with van der Waals surface area (Å²) < 4.78 is 4.38. The fourth-order valence-corrected chi connectivity index (χ4v) is 6.83. The summed E-state index contributed by atoms with van der Waals surface area (Å²) in [5.74, 6) is 0. The number of para-hydroxylation sites is 2. The maximum atomic E-state index is 4.62. The quantitative estimate of drug-likeness (QED) is 0.0897. The van der Waals surface area contributed by atoms with Crippen LogP contribution in [0.3, 0.4) is 0 Å². The number of hydrogen-bond donors (Lipinski definition) is 0. The Hall–Kier alpha value is -5.82. The zero-order chi connectivity index (χ0) is 47.4. The van der Waals surface area contributed by atoms with Gasteiger partial charge in [-0.25, -0.2) is 9.13 Å². The van der Waals surface area contributed by atoms with Crippen LogP contribution < -0.4 is 9.47 Å². The molecule has 70 heavy (non-hydrogen) atoms. The SMILES string of the molecule is Br.CCCCN1C=CN(c2ccccc2)[CH-]1.CCCC[n+]1ccn(-c2ccccc2)c1.[Cl][Pt+].[Pt+2].[c-]1ccccc1-c1cccc(-c2ccccn2)n1.[c-]1ccccc1-c1cccc(-c2ccccn2)n1. The van der Waals surface area contributed by atoms with E-state index in [1.54, 1.807) is 31.2 Å². The van der Waals surface area contributed by atoms with E-state index >= 15 is 0 Å². The third kappa shape index (κ3) is 18.5. The molecule has 10 rings (SSSR count). The van der Waals surface area contributed by atoms with Crippen LogP contribution >= 0.6 is 26.4 Å². The van der Waals surface area contributed by atoms with Crippen molar-refractivity contribution >= 4 is 32.1 Å². The molecule has 0 aliphatic carbocycles. The van der Waals surface area contributed by atoms with E-state index in [0.717, 1.165) is 58.4 Å². The number of rotatable bonds is 12. The van der Waals surface area contributed by atoms with Gasteiger partial charge in [0.2, 0.25) is 6.33 Å². The molecule has 0 radical (unpaired) electrons. The Bertz CT molecular complexity index is 2550. The Kier molecular flexibility index (Phi) is 26.7. The van der Waals surface area contributed by atoms with Gasteiger partial charge in [0.15, 0.2) is 0 Å². The Balaban J connectivity index is 0.000000199. The number of benzene rings is 4. The molecule has 0 amide bonds. The average Bonchev–Trinajstić information content (AvgIpc) is 4.13. The minimum atomic E-state index is 0. The van der Waals surface area contributed by atoms with Crippen LogP contribution in [0.1, 0.15) is 39.5 Å². The molecular weight excluding hydrogens is 1310 g/mol. The third-order valence-electron chi connectivity index (χ3n) is 10.4. The zero-order valence-electron chi connectivity index (χ0n) is 39.2. The number of anilines is 1. The maximum absolute atomic E-state index is 4.62. The summed E-state index contributed by atoms with van der Waals surface area (Å²) in [7, 11) is 4.61. The van der Waals surface area contributed by atoms with Gasteiger partial charge in [0.25, 0.3) is 0 Å². The van der Waals surface area contributed by atoms with Crippen molar-refractivity contribution in [2.24, 2.45) is 0 Å². The number of imidazole rings is 1. The summed E-state index contributed by atoms with van der Waals surface area (Å²) in [6, 6.07) is 66.4. The van der Waals surface area contributed by atoms with Crippen molar-refractivity contribution in [2.75, 3.05) is 11.4 Å². The van der Waals surface area contributed by atoms with Crippen LogP contribution in [-0.2, 0) is 46.4 Å². The monoisotopic (exact) mass is 1370 g/mol. The van der Waals surface area contributed by atoms with Gasteiger partial charge in [0.05, 0.1) is 29.3 Å². The summed E-state index contributed by atoms with van der Waals surface area (Å²) in [4.78, 5) is 22.2. The van der Waals surface area contributed by atoms with E-state index in [4.69, 9.17) is 0 Å². The van der Waals surface area contributed by atoms with Gasteiger partial charge >= 0.3 is 49.3 Å². The van der Waals surface area contributed by atoms with E-state index in [9.17, 15) is 0 Å². The molecule has 1 aliphatic heterocycles. The van der Waals surface area contributed by atoms with Crippen LogP contribution in [0.15, 0.2) is 226 Å². The van der Waals surface area contributed by atoms with Crippen LogP contribution in [0.4, 0.5) is 5.69 Å². The largest absolute Gasteiger partial charge is 2.00 e. The molecule has 0 saturated heterocycles. The Labute approximate surface area is 455 Å². The first kappa shape index (κ1) is 56.8. The molecule has 1 aliphatic rings. The molecule has 0 fully saturated rings. The first-order valence-corrected chi connectivity index (χ1v) is 25.6. The van der Waals surface area contributed by atoms with E-state index in [2.05, 4.69) is 161 Å². The molecule has 12 heteroatoms. The number of aryl methyl sites for hydroxylation is 1. The van der Waals surface area contributed by atoms with Gasteiger partial charge in [0.1, 0.15) is 18.1 Å². The van der Waals surface area contributed by atoms with Crippen molar-refractivity contribution in [3.8, 4) is 51.0 Å². The van der Waals surface area contributed by atoms with Gasteiger partial charge in [-0.3, -0.25) is 19.9 Å². The Morgan fingerprint density at radius 3 is 1.51 bits per heavy atom. The van der Waals surface area contributed by atoms with Gasteiger partial charge in [0, 0.05) is 18.1 Å². The molecule has 8 nitrogen and oxygen atoms in total. The van der Waals surface area contributed by atoms with Crippen molar-refractivity contribution in [3.63, 3.8) is 0 Å². The van der Waals surface area contributed by atoms with Crippen molar-refractivity contribution in [1.29, 1.82) is 0 Å². The van der Waals surface area contributed by atoms with Gasteiger partial charge in [-0.1, -0.05) is 99.5 Å². The van der Waals surface area contributed by atoms with E-state index in [0.29, 0.717) is 0 Å². The molecule has 6 heterocycles. The van der Waals surface area contributed by atoms with Crippen LogP contribution in [0.2, 0.25) is 0 Å².